The molecule has 2 rings (SSSR count). The highest BCUT2D eigenvalue weighted by Crippen LogP contribution is 2.19. The monoisotopic (exact) mass is 270 g/mol. The molecule has 0 saturated carbocycles. The Morgan fingerprint density at radius 1 is 1.61 bits per heavy atom. The molecule has 0 aliphatic carbocycles. The van der Waals surface area contributed by atoms with E-state index in [1.165, 1.54) is 11.3 Å². The van der Waals surface area contributed by atoms with Crippen LogP contribution in [0.4, 0.5) is 0 Å². The van der Waals surface area contributed by atoms with E-state index in [9.17, 15) is 9.90 Å². The highest BCUT2D eigenvalue weighted by Gasteiger charge is 2.30. The van der Waals surface area contributed by atoms with Crippen molar-refractivity contribution in [3.63, 3.8) is 0 Å². The molecular formula is C12H18N2O3S. The molecule has 6 heteroatoms. The predicted octanol–water partition coefficient (Wildman–Crippen LogP) is 0.652. The fourth-order valence-corrected chi connectivity index (χ4v) is 2.52. The van der Waals surface area contributed by atoms with Crippen LogP contribution < -0.4 is 5.32 Å². The molecule has 2 heterocycles. The number of hydrogen-bond acceptors (Lipinski definition) is 5. The average Bonchev–Trinajstić information content (AvgIpc) is 2.73. The summed E-state index contributed by atoms with van der Waals surface area (Å²) in [7, 11) is 0. The first-order chi connectivity index (χ1) is 8.57. The number of aromatic nitrogens is 1. The van der Waals surface area contributed by atoms with Crippen LogP contribution in [0, 0.1) is 6.92 Å². The zero-order valence-corrected chi connectivity index (χ0v) is 11.3. The summed E-state index contributed by atoms with van der Waals surface area (Å²) in [6.07, 6.45) is 1.42. The normalized spacial score (nSPS) is 18.6. The molecule has 100 valence electrons. The van der Waals surface area contributed by atoms with E-state index in [-0.39, 0.29) is 18.9 Å². The van der Waals surface area contributed by atoms with E-state index in [0.717, 1.165) is 10.7 Å². The van der Waals surface area contributed by atoms with Gasteiger partial charge in [-0.1, -0.05) is 0 Å². The van der Waals surface area contributed by atoms with Gasteiger partial charge in [0.1, 0.15) is 0 Å². The van der Waals surface area contributed by atoms with Crippen molar-refractivity contribution >= 4 is 17.2 Å². The number of nitrogens with zero attached hydrogens (tertiary/aromatic N) is 1. The molecule has 1 amide bonds. The fourth-order valence-electron chi connectivity index (χ4n) is 1.91. The summed E-state index contributed by atoms with van der Waals surface area (Å²) in [6.45, 7) is 3.31. The summed E-state index contributed by atoms with van der Waals surface area (Å²) in [5, 5.41) is 15.8. The van der Waals surface area contributed by atoms with Crippen molar-refractivity contribution in [1.82, 2.24) is 10.3 Å². The Morgan fingerprint density at radius 2 is 2.33 bits per heavy atom. The van der Waals surface area contributed by atoms with Crippen LogP contribution in [0.2, 0.25) is 0 Å². The highest BCUT2D eigenvalue weighted by molar-refractivity contribution is 7.09. The molecular weight excluding hydrogens is 252 g/mol. The number of ether oxygens (including phenoxy) is 1. The molecule has 1 aliphatic heterocycles. The van der Waals surface area contributed by atoms with Gasteiger partial charge in [0.25, 0.3) is 0 Å². The molecule has 2 N–H and O–H groups in total. The lowest BCUT2D eigenvalue weighted by molar-refractivity contribution is -0.123. The second kappa shape index (κ2) is 5.77. The lowest BCUT2D eigenvalue weighted by atomic mass is 9.94. The summed E-state index contributed by atoms with van der Waals surface area (Å²) in [4.78, 5) is 16.0. The maximum absolute atomic E-state index is 11.7. The Morgan fingerprint density at radius 3 is 2.94 bits per heavy atom. The second-order valence-corrected chi connectivity index (χ2v) is 5.71. The average molecular weight is 270 g/mol. The van der Waals surface area contributed by atoms with Crippen LogP contribution in [0.5, 0.6) is 0 Å². The minimum Gasteiger partial charge on any atom is -0.388 e. The molecule has 0 bridgehead atoms. The van der Waals surface area contributed by atoms with Crippen molar-refractivity contribution in [3.8, 4) is 0 Å². The first-order valence-corrected chi connectivity index (χ1v) is 6.93. The molecule has 1 aromatic rings. The van der Waals surface area contributed by atoms with Gasteiger partial charge in [-0.2, -0.15) is 0 Å². The highest BCUT2D eigenvalue weighted by atomic mass is 32.1. The minimum absolute atomic E-state index is 0.0970. The minimum atomic E-state index is -0.814. The van der Waals surface area contributed by atoms with Crippen molar-refractivity contribution in [2.24, 2.45) is 0 Å². The number of aryl methyl sites for hydroxylation is 1. The summed E-state index contributed by atoms with van der Waals surface area (Å²) in [6, 6.07) is 0. The Hall–Kier alpha value is -0.980. The topological polar surface area (TPSA) is 71.5 Å². The summed E-state index contributed by atoms with van der Waals surface area (Å²) in [5.74, 6) is -0.0970. The molecule has 0 spiro atoms. The number of aliphatic hydroxyl groups is 1. The largest absolute Gasteiger partial charge is 0.388 e. The van der Waals surface area contributed by atoms with Crippen LogP contribution in [0.15, 0.2) is 5.38 Å². The summed E-state index contributed by atoms with van der Waals surface area (Å²) in [5.41, 5.74) is -0.0275. The van der Waals surface area contributed by atoms with E-state index >= 15 is 0 Å². The number of thiazole rings is 1. The van der Waals surface area contributed by atoms with Gasteiger partial charge < -0.3 is 15.2 Å². The second-order valence-electron chi connectivity index (χ2n) is 4.65. The van der Waals surface area contributed by atoms with Crippen LogP contribution in [-0.4, -0.2) is 41.4 Å². The van der Waals surface area contributed by atoms with E-state index in [2.05, 4.69) is 10.3 Å². The number of carbonyl (C=O) groups is 1. The molecule has 18 heavy (non-hydrogen) atoms. The van der Waals surface area contributed by atoms with Crippen molar-refractivity contribution in [1.29, 1.82) is 0 Å². The molecule has 5 nitrogen and oxygen atoms in total. The van der Waals surface area contributed by atoms with Gasteiger partial charge in [-0.25, -0.2) is 4.98 Å². The quantitative estimate of drug-likeness (QED) is 0.843. The molecule has 0 aromatic carbocycles. The van der Waals surface area contributed by atoms with Crippen molar-refractivity contribution < 1.29 is 14.6 Å². The maximum Gasteiger partial charge on any atom is 0.226 e. The number of rotatable bonds is 4. The Labute approximate surface area is 110 Å². The molecule has 0 unspecified atom stereocenters. The van der Waals surface area contributed by atoms with Gasteiger partial charge in [0.15, 0.2) is 0 Å². The smallest absolute Gasteiger partial charge is 0.226 e. The number of carbonyl (C=O) groups excluding carboxylic acids is 1. The number of nitrogens with one attached hydrogen (secondary N) is 1. The third-order valence-corrected chi connectivity index (χ3v) is 3.87. The van der Waals surface area contributed by atoms with Gasteiger partial charge >= 0.3 is 0 Å². The molecule has 1 saturated heterocycles. The molecule has 0 radical (unpaired) electrons. The van der Waals surface area contributed by atoms with Gasteiger partial charge in [-0.15, -0.1) is 11.3 Å². The zero-order chi connectivity index (χ0) is 13.0. The van der Waals surface area contributed by atoms with Crippen molar-refractivity contribution in [2.45, 2.75) is 31.8 Å². The lowest BCUT2D eigenvalue weighted by Gasteiger charge is -2.32. The summed E-state index contributed by atoms with van der Waals surface area (Å²) >= 11 is 1.53. The van der Waals surface area contributed by atoms with Gasteiger partial charge in [-0.05, 0) is 6.92 Å². The van der Waals surface area contributed by atoms with E-state index in [1.807, 2.05) is 12.3 Å². The van der Waals surface area contributed by atoms with E-state index in [1.54, 1.807) is 0 Å². The lowest BCUT2D eigenvalue weighted by Crippen LogP contribution is -2.46. The Balaban J connectivity index is 1.77. The van der Waals surface area contributed by atoms with Crippen LogP contribution in [0.3, 0.4) is 0 Å². The zero-order valence-electron chi connectivity index (χ0n) is 10.4. The predicted molar refractivity (Wildman–Crippen MR) is 68.6 cm³/mol. The van der Waals surface area contributed by atoms with Gasteiger partial charge in [0, 0.05) is 38.0 Å². The van der Waals surface area contributed by atoms with E-state index in [4.69, 9.17) is 4.74 Å². The van der Waals surface area contributed by atoms with Crippen molar-refractivity contribution in [2.75, 3.05) is 19.8 Å². The third kappa shape index (κ3) is 3.76. The molecule has 1 aromatic heterocycles. The van der Waals surface area contributed by atoms with Gasteiger partial charge in [-0.3, -0.25) is 4.79 Å². The Bertz CT molecular complexity index is 413. The molecule has 0 atom stereocenters. The molecule has 1 fully saturated rings. The molecule has 1 aliphatic rings. The van der Waals surface area contributed by atoms with Gasteiger partial charge in [0.05, 0.1) is 22.7 Å². The SMILES string of the molecule is Cc1nc(CC(=O)NCC2(O)CCOCC2)cs1. The van der Waals surface area contributed by atoms with Crippen LogP contribution >= 0.6 is 11.3 Å². The number of amides is 1. The van der Waals surface area contributed by atoms with Gasteiger partial charge in [0.2, 0.25) is 5.91 Å². The van der Waals surface area contributed by atoms with Crippen LogP contribution in [0.1, 0.15) is 23.5 Å². The third-order valence-electron chi connectivity index (χ3n) is 3.05. The Kier molecular flexibility index (Phi) is 4.31. The van der Waals surface area contributed by atoms with E-state index in [0.29, 0.717) is 26.1 Å². The standard InChI is InChI=1S/C12H18N2O3S/c1-9-14-10(7-18-9)6-11(15)13-8-12(16)2-4-17-5-3-12/h7,16H,2-6,8H2,1H3,(H,13,15). The van der Waals surface area contributed by atoms with E-state index < -0.39 is 5.60 Å². The first kappa shape index (κ1) is 13.5. The van der Waals surface area contributed by atoms with Crippen molar-refractivity contribution in [3.05, 3.63) is 16.1 Å². The summed E-state index contributed by atoms with van der Waals surface area (Å²) < 4.78 is 5.19. The van der Waals surface area contributed by atoms with Crippen LogP contribution in [-0.2, 0) is 16.0 Å². The van der Waals surface area contributed by atoms with Crippen LogP contribution in [0.25, 0.3) is 0 Å². The fraction of sp³-hybridized carbons (Fsp3) is 0.667. The number of hydrogen-bond donors (Lipinski definition) is 2. The first-order valence-electron chi connectivity index (χ1n) is 6.05. The maximum atomic E-state index is 11.7.